The van der Waals surface area contributed by atoms with Crippen LogP contribution in [-0.4, -0.2) is 21.9 Å². The van der Waals surface area contributed by atoms with E-state index in [0.29, 0.717) is 11.8 Å². The van der Waals surface area contributed by atoms with Crippen molar-refractivity contribution in [2.45, 2.75) is 64.6 Å². The SMILES string of the molecule is C=C(C)[C@@H](O)CC[C@]1(C)[C@@H]2CC[C@@H](C2)[C@@]1(C)O. The molecule has 2 nitrogen and oxygen atoms in total. The van der Waals surface area contributed by atoms with Crippen molar-refractivity contribution in [2.75, 3.05) is 0 Å². The lowest BCUT2D eigenvalue weighted by Crippen LogP contribution is -2.49. The molecular weight excluding hydrogens is 212 g/mol. The first-order valence-corrected chi connectivity index (χ1v) is 6.85. The Kier molecular flexibility index (Phi) is 3.16. The van der Waals surface area contributed by atoms with E-state index < -0.39 is 11.7 Å². The summed E-state index contributed by atoms with van der Waals surface area (Å²) < 4.78 is 0. The molecule has 0 aromatic rings. The molecule has 0 aromatic heterocycles. The standard InChI is InChI=1S/C15H26O2/c1-10(2)13(16)7-8-14(3)11-5-6-12(9-11)15(14,4)17/h11-13,16-17H,1,5-9H2,2-4H3/t11-,12+,13+,14-,15-/m1/s1. The summed E-state index contributed by atoms with van der Waals surface area (Å²) in [5, 5.41) is 20.6. The van der Waals surface area contributed by atoms with Gasteiger partial charge in [0.25, 0.3) is 0 Å². The van der Waals surface area contributed by atoms with E-state index in [1.807, 2.05) is 13.8 Å². The van der Waals surface area contributed by atoms with Crippen molar-refractivity contribution in [2.24, 2.45) is 17.3 Å². The van der Waals surface area contributed by atoms with Gasteiger partial charge in [-0.15, -0.1) is 0 Å². The van der Waals surface area contributed by atoms with E-state index >= 15 is 0 Å². The molecule has 98 valence electrons. The molecule has 0 radical (unpaired) electrons. The number of hydrogen-bond acceptors (Lipinski definition) is 2. The smallest absolute Gasteiger partial charge is 0.0745 e. The van der Waals surface area contributed by atoms with Crippen LogP contribution in [0.2, 0.25) is 0 Å². The molecule has 0 saturated heterocycles. The van der Waals surface area contributed by atoms with Gasteiger partial charge in [-0.3, -0.25) is 0 Å². The van der Waals surface area contributed by atoms with E-state index in [2.05, 4.69) is 13.5 Å². The third-order valence-electron chi connectivity index (χ3n) is 5.79. The summed E-state index contributed by atoms with van der Waals surface area (Å²) in [5.41, 5.74) is 0.258. The maximum atomic E-state index is 10.8. The van der Waals surface area contributed by atoms with Crippen molar-refractivity contribution in [3.63, 3.8) is 0 Å². The van der Waals surface area contributed by atoms with Gasteiger partial charge in [0, 0.05) is 0 Å². The molecule has 2 saturated carbocycles. The van der Waals surface area contributed by atoms with Crippen LogP contribution >= 0.6 is 0 Å². The van der Waals surface area contributed by atoms with Gasteiger partial charge < -0.3 is 10.2 Å². The maximum absolute atomic E-state index is 10.8. The highest BCUT2D eigenvalue weighted by molar-refractivity contribution is 5.12. The van der Waals surface area contributed by atoms with Crippen LogP contribution in [0.1, 0.15) is 52.9 Å². The summed E-state index contributed by atoms with van der Waals surface area (Å²) in [6.07, 6.45) is 4.81. The van der Waals surface area contributed by atoms with Crippen LogP contribution in [0.3, 0.4) is 0 Å². The van der Waals surface area contributed by atoms with Crippen molar-refractivity contribution in [3.8, 4) is 0 Å². The fraction of sp³-hybridized carbons (Fsp3) is 0.867. The van der Waals surface area contributed by atoms with Gasteiger partial charge in [-0.05, 0) is 63.2 Å². The van der Waals surface area contributed by atoms with Crippen LogP contribution < -0.4 is 0 Å². The van der Waals surface area contributed by atoms with Gasteiger partial charge in [-0.2, -0.15) is 0 Å². The molecule has 0 amide bonds. The maximum Gasteiger partial charge on any atom is 0.0745 e. The highest BCUT2D eigenvalue weighted by atomic mass is 16.3. The molecule has 0 spiro atoms. The fourth-order valence-electron chi connectivity index (χ4n) is 4.09. The molecule has 2 heteroatoms. The van der Waals surface area contributed by atoms with Crippen molar-refractivity contribution in [1.29, 1.82) is 0 Å². The predicted octanol–water partition coefficient (Wildman–Crippen LogP) is 2.89. The Morgan fingerprint density at radius 3 is 2.41 bits per heavy atom. The van der Waals surface area contributed by atoms with Crippen molar-refractivity contribution >= 4 is 0 Å². The van der Waals surface area contributed by atoms with Crippen LogP contribution in [0.15, 0.2) is 12.2 Å². The second kappa shape index (κ2) is 4.10. The minimum atomic E-state index is -0.551. The molecule has 0 aromatic carbocycles. The Morgan fingerprint density at radius 2 is 1.94 bits per heavy atom. The molecule has 5 atom stereocenters. The van der Waals surface area contributed by atoms with Crippen molar-refractivity contribution < 1.29 is 10.2 Å². The lowest BCUT2D eigenvalue weighted by atomic mass is 9.62. The molecule has 2 bridgehead atoms. The normalized spacial score (nSPS) is 46.2. The number of aliphatic hydroxyl groups excluding tert-OH is 1. The van der Waals surface area contributed by atoms with Gasteiger partial charge in [0.1, 0.15) is 0 Å². The second-order valence-electron chi connectivity index (χ2n) is 6.67. The van der Waals surface area contributed by atoms with Gasteiger partial charge in [0.05, 0.1) is 11.7 Å². The third-order valence-corrected chi connectivity index (χ3v) is 5.79. The minimum Gasteiger partial charge on any atom is -0.389 e. The lowest BCUT2D eigenvalue weighted by Gasteiger charge is -2.46. The molecule has 0 heterocycles. The average molecular weight is 238 g/mol. The van der Waals surface area contributed by atoms with E-state index in [4.69, 9.17) is 0 Å². The number of aliphatic hydroxyl groups is 2. The highest BCUT2D eigenvalue weighted by Crippen LogP contribution is 2.63. The lowest BCUT2D eigenvalue weighted by molar-refractivity contribution is -0.107. The highest BCUT2D eigenvalue weighted by Gasteiger charge is 2.61. The van der Waals surface area contributed by atoms with Crippen LogP contribution in [0, 0.1) is 17.3 Å². The Hall–Kier alpha value is -0.340. The predicted molar refractivity (Wildman–Crippen MR) is 69.6 cm³/mol. The van der Waals surface area contributed by atoms with E-state index in [0.717, 1.165) is 18.4 Å². The van der Waals surface area contributed by atoms with Gasteiger partial charge in [-0.1, -0.05) is 19.1 Å². The number of rotatable bonds is 4. The molecule has 2 aliphatic carbocycles. The van der Waals surface area contributed by atoms with Crippen LogP contribution in [0.5, 0.6) is 0 Å². The van der Waals surface area contributed by atoms with Gasteiger partial charge in [0.15, 0.2) is 0 Å². The summed E-state index contributed by atoms with van der Waals surface area (Å²) in [4.78, 5) is 0. The summed E-state index contributed by atoms with van der Waals surface area (Å²) in [6.45, 7) is 9.88. The molecule has 17 heavy (non-hydrogen) atoms. The van der Waals surface area contributed by atoms with Crippen LogP contribution in [-0.2, 0) is 0 Å². The number of hydrogen-bond donors (Lipinski definition) is 2. The van der Waals surface area contributed by atoms with Gasteiger partial charge in [-0.25, -0.2) is 0 Å². The Bertz CT molecular complexity index is 321. The molecule has 2 fully saturated rings. The van der Waals surface area contributed by atoms with Crippen LogP contribution in [0.4, 0.5) is 0 Å². The van der Waals surface area contributed by atoms with Crippen LogP contribution in [0.25, 0.3) is 0 Å². The van der Waals surface area contributed by atoms with E-state index in [9.17, 15) is 10.2 Å². The minimum absolute atomic E-state index is 0.0215. The molecule has 2 aliphatic rings. The quantitative estimate of drug-likeness (QED) is 0.739. The first-order chi connectivity index (χ1) is 7.79. The van der Waals surface area contributed by atoms with E-state index in [-0.39, 0.29) is 5.41 Å². The molecule has 0 unspecified atom stereocenters. The topological polar surface area (TPSA) is 40.5 Å². The Labute approximate surface area is 105 Å². The monoisotopic (exact) mass is 238 g/mol. The Balaban J connectivity index is 2.06. The first kappa shape index (κ1) is 13.1. The summed E-state index contributed by atoms with van der Waals surface area (Å²) >= 11 is 0. The zero-order valence-electron chi connectivity index (χ0n) is 11.4. The fourth-order valence-corrected chi connectivity index (χ4v) is 4.09. The molecule has 2 N–H and O–H groups in total. The zero-order chi connectivity index (χ0) is 12.8. The van der Waals surface area contributed by atoms with E-state index in [1.165, 1.54) is 19.3 Å². The van der Waals surface area contributed by atoms with Gasteiger partial charge >= 0.3 is 0 Å². The van der Waals surface area contributed by atoms with E-state index in [1.54, 1.807) is 0 Å². The van der Waals surface area contributed by atoms with Gasteiger partial charge in [0.2, 0.25) is 0 Å². The summed E-state index contributed by atoms with van der Waals surface area (Å²) in [6, 6.07) is 0. The van der Waals surface area contributed by atoms with Crippen molar-refractivity contribution in [1.82, 2.24) is 0 Å². The Morgan fingerprint density at radius 1 is 1.35 bits per heavy atom. The second-order valence-corrected chi connectivity index (χ2v) is 6.67. The average Bonchev–Trinajstić information content (AvgIpc) is 2.79. The number of fused-ring (bicyclic) bond motifs is 2. The molecular formula is C15H26O2. The largest absolute Gasteiger partial charge is 0.389 e. The zero-order valence-corrected chi connectivity index (χ0v) is 11.4. The molecule has 0 aliphatic heterocycles. The first-order valence-electron chi connectivity index (χ1n) is 6.85. The third kappa shape index (κ3) is 1.86. The summed E-state index contributed by atoms with van der Waals surface area (Å²) in [5.74, 6) is 1.11. The molecule has 2 rings (SSSR count). The summed E-state index contributed by atoms with van der Waals surface area (Å²) in [7, 11) is 0. The van der Waals surface area contributed by atoms with Crippen molar-refractivity contribution in [3.05, 3.63) is 12.2 Å².